The largest absolute Gasteiger partial charge is 0.395 e. The first-order valence-electron chi connectivity index (χ1n) is 8.65. The van der Waals surface area contributed by atoms with Crippen LogP contribution in [0.15, 0.2) is 17.5 Å². The van der Waals surface area contributed by atoms with Crippen molar-refractivity contribution in [2.45, 2.75) is 13.0 Å². The summed E-state index contributed by atoms with van der Waals surface area (Å²) < 4.78 is 0. The van der Waals surface area contributed by atoms with Crippen LogP contribution in [-0.2, 0) is 17.8 Å². The second-order valence-corrected chi connectivity index (χ2v) is 8.60. The molecule has 2 aromatic heterocycles. The van der Waals surface area contributed by atoms with E-state index in [1.807, 2.05) is 17.5 Å². The molecule has 0 spiro atoms. The number of hydrogen-bond acceptors (Lipinski definition) is 6. The van der Waals surface area contributed by atoms with E-state index in [4.69, 9.17) is 0 Å². The van der Waals surface area contributed by atoms with Crippen molar-refractivity contribution in [3.8, 4) is 0 Å². The fraction of sp³-hybridized carbons (Fsp3) is 0.389. The first-order valence-corrected chi connectivity index (χ1v) is 10.3. The summed E-state index contributed by atoms with van der Waals surface area (Å²) in [5.74, 6) is -0.385. The number of carbonyl (C=O) groups is 3. The highest BCUT2D eigenvalue weighted by molar-refractivity contribution is 7.17. The maximum absolute atomic E-state index is 12.9. The highest BCUT2D eigenvalue weighted by Crippen LogP contribution is 2.41. The van der Waals surface area contributed by atoms with E-state index in [9.17, 15) is 19.5 Å². The van der Waals surface area contributed by atoms with Gasteiger partial charge in [-0.1, -0.05) is 6.07 Å². The fourth-order valence-electron chi connectivity index (χ4n) is 3.52. The number of anilines is 1. The number of aliphatic hydroxyl groups excluding tert-OH is 1. The fourth-order valence-corrected chi connectivity index (χ4v) is 5.61. The summed E-state index contributed by atoms with van der Waals surface area (Å²) in [7, 11) is 1.62. The summed E-state index contributed by atoms with van der Waals surface area (Å²) in [6.45, 7) is 0.955. The van der Waals surface area contributed by atoms with E-state index in [0.717, 1.165) is 10.4 Å². The lowest BCUT2D eigenvalue weighted by Gasteiger charge is -2.27. The minimum Gasteiger partial charge on any atom is -0.395 e. The van der Waals surface area contributed by atoms with Gasteiger partial charge in [0.1, 0.15) is 11.5 Å². The molecule has 4 heterocycles. The monoisotopic (exact) mass is 405 g/mol. The summed E-state index contributed by atoms with van der Waals surface area (Å²) in [6, 6.07) is 3.67. The first-order chi connectivity index (χ1) is 13.0. The lowest BCUT2D eigenvalue weighted by molar-refractivity contribution is -0.119. The molecule has 0 saturated carbocycles. The summed E-state index contributed by atoms with van der Waals surface area (Å²) >= 11 is 2.80. The number of thiophene rings is 2. The first kappa shape index (κ1) is 18.1. The molecule has 142 valence electrons. The van der Waals surface area contributed by atoms with Gasteiger partial charge in [-0.05, 0) is 23.4 Å². The molecule has 0 aromatic carbocycles. The maximum atomic E-state index is 12.9. The van der Waals surface area contributed by atoms with Crippen LogP contribution in [0.5, 0.6) is 0 Å². The molecule has 0 unspecified atom stereocenters. The van der Waals surface area contributed by atoms with Crippen molar-refractivity contribution < 1.29 is 19.5 Å². The topological polar surface area (TPSA) is 81.2 Å². The molecule has 2 aliphatic heterocycles. The molecule has 0 atom stereocenters. The van der Waals surface area contributed by atoms with Crippen LogP contribution in [-0.4, -0.2) is 65.9 Å². The van der Waals surface area contributed by atoms with Crippen LogP contribution in [0.25, 0.3) is 0 Å². The number of likely N-dealkylation sites (N-methyl/N-ethyl adjacent to an activating group) is 1. The van der Waals surface area contributed by atoms with Crippen LogP contribution < -0.4 is 4.90 Å². The van der Waals surface area contributed by atoms with E-state index in [1.54, 1.807) is 11.9 Å². The SMILES string of the molecule is CN1CC(=O)N(CCO)c2sc3c(c2C1=O)CCN(C(=O)c1cccs1)C3. The van der Waals surface area contributed by atoms with Gasteiger partial charge in [0.15, 0.2) is 0 Å². The number of hydrogen-bond donors (Lipinski definition) is 1. The standard InChI is InChI=1S/C18H19N3O4S2/c1-19-10-14(23)21(6-7-22)18-15(17(19)25)11-4-5-20(9-13(11)27-18)16(24)12-3-2-8-26-12/h2-3,8,22H,4-7,9-10H2,1H3. The third kappa shape index (κ3) is 3.05. The summed E-state index contributed by atoms with van der Waals surface area (Å²) in [4.78, 5) is 44.4. The molecule has 0 fully saturated rings. The zero-order valence-electron chi connectivity index (χ0n) is 14.8. The highest BCUT2D eigenvalue weighted by atomic mass is 32.1. The minimum absolute atomic E-state index is 0.00199. The Balaban J connectivity index is 1.71. The molecule has 0 radical (unpaired) electrons. The number of fused-ring (bicyclic) bond motifs is 3. The molecule has 2 aliphatic rings. The quantitative estimate of drug-likeness (QED) is 0.837. The van der Waals surface area contributed by atoms with Crippen LogP contribution in [0.1, 0.15) is 30.5 Å². The van der Waals surface area contributed by atoms with Gasteiger partial charge in [-0.25, -0.2) is 0 Å². The van der Waals surface area contributed by atoms with Crippen LogP contribution in [0.4, 0.5) is 5.00 Å². The number of aliphatic hydroxyl groups is 1. The number of β-amino-alcohol motifs (C(OH)–C–C–N with tert-alkyl or cyclic N) is 1. The minimum atomic E-state index is -0.205. The second-order valence-electron chi connectivity index (χ2n) is 6.57. The van der Waals surface area contributed by atoms with Crippen molar-refractivity contribution >= 4 is 45.4 Å². The third-order valence-electron chi connectivity index (χ3n) is 4.86. The van der Waals surface area contributed by atoms with Gasteiger partial charge in [-0.15, -0.1) is 22.7 Å². The Bertz CT molecular complexity index is 906. The smallest absolute Gasteiger partial charge is 0.264 e. The van der Waals surface area contributed by atoms with E-state index < -0.39 is 0 Å². The molecule has 9 heteroatoms. The van der Waals surface area contributed by atoms with Crippen LogP contribution in [0.3, 0.4) is 0 Å². The normalized spacial score (nSPS) is 17.0. The Morgan fingerprint density at radius 2 is 2.11 bits per heavy atom. The van der Waals surface area contributed by atoms with Gasteiger partial charge in [0.05, 0.1) is 23.6 Å². The van der Waals surface area contributed by atoms with Crippen LogP contribution in [0, 0.1) is 0 Å². The van der Waals surface area contributed by atoms with Crippen molar-refractivity contribution in [1.29, 1.82) is 0 Å². The van der Waals surface area contributed by atoms with Gasteiger partial charge in [0.2, 0.25) is 5.91 Å². The van der Waals surface area contributed by atoms with Crippen molar-refractivity contribution in [2.24, 2.45) is 0 Å². The Kier molecular flexibility index (Phi) is 4.75. The van der Waals surface area contributed by atoms with E-state index in [2.05, 4.69) is 0 Å². The van der Waals surface area contributed by atoms with Crippen molar-refractivity contribution in [3.05, 3.63) is 38.4 Å². The lowest BCUT2D eigenvalue weighted by Crippen LogP contribution is -2.39. The maximum Gasteiger partial charge on any atom is 0.264 e. The van der Waals surface area contributed by atoms with Crippen LogP contribution in [0.2, 0.25) is 0 Å². The zero-order chi connectivity index (χ0) is 19.1. The van der Waals surface area contributed by atoms with Gasteiger partial charge in [-0.2, -0.15) is 0 Å². The molecule has 0 saturated heterocycles. The molecule has 0 bridgehead atoms. The van der Waals surface area contributed by atoms with Crippen molar-refractivity contribution in [2.75, 3.05) is 38.2 Å². The Morgan fingerprint density at radius 3 is 2.81 bits per heavy atom. The van der Waals surface area contributed by atoms with Gasteiger partial charge in [0, 0.05) is 25.0 Å². The average Bonchev–Trinajstić information content (AvgIpc) is 3.30. The van der Waals surface area contributed by atoms with E-state index >= 15 is 0 Å². The molecule has 7 nitrogen and oxygen atoms in total. The van der Waals surface area contributed by atoms with E-state index in [0.29, 0.717) is 35.0 Å². The summed E-state index contributed by atoms with van der Waals surface area (Å²) in [5.41, 5.74) is 1.49. The molecule has 1 N–H and O–H groups in total. The molecule has 3 amide bonds. The Hall–Kier alpha value is -2.23. The number of rotatable bonds is 3. The predicted octanol–water partition coefficient (Wildman–Crippen LogP) is 1.42. The van der Waals surface area contributed by atoms with Gasteiger partial charge in [-0.3, -0.25) is 19.3 Å². The van der Waals surface area contributed by atoms with Crippen molar-refractivity contribution in [3.63, 3.8) is 0 Å². The summed E-state index contributed by atoms with van der Waals surface area (Å²) in [5, 5.41) is 11.8. The zero-order valence-corrected chi connectivity index (χ0v) is 16.4. The Labute approximate surface area is 164 Å². The van der Waals surface area contributed by atoms with E-state index in [1.165, 1.54) is 32.5 Å². The second kappa shape index (κ2) is 7.06. The summed E-state index contributed by atoms with van der Waals surface area (Å²) in [6.07, 6.45) is 0.582. The molecule has 4 rings (SSSR count). The Morgan fingerprint density at radius 1 is 1.30 bits per heavy atom. The van der Waals surface area contributed by atoms with Gasteiger partial charge in [0.25, 0.3) is 11.8 Å². The highest BCUT2D eigenvalue weighted by Gasteiger charge is 2.37. The average molecular weight is 406 g/mol. The van der Waals surface area contributed by atoms with Gasteiger partial charge < -0.3 is 14.9 Å². The number of carbonyl (C=O) groups excluding carboxylic acids is 3. The predicted molar refractivity (Wildman–Crippen MR) is 103 cm³/mol. The molecule has 27 heavy (non-hydrogen) atoms. The van der Waals surface area contributed by atoms with E-state index in [-0.39, 0.29) is 37.4 Å². The third-order valence-corrected chi connectivity index (χ3v) is 6.96. The van der Waals surface area contributed by atoms with Gasteiger partial charge >= 0.3 is 0 Å². The molecular formula is C18H19N3O4S2. The molecule has 2 aromatic rings. The molecule has 0 aliphatic carbocycles. The molecular weight excluding hydrogens is 386 g/mol. The number of nitrogens with zero attached hydrogens (tertiary/aromatic N) is 3. The van der Waals surface area contributed by atoms with Crippen LogP contribution >= 0.6 is 22.7 Å². The lowest BCUT2D eigenvalue weighted by atomic mass is 10.0. The number of amides is 3. The van der Waals surface area contributed by atoms with Crippen molar-refractivity contribution in [1.82, 2.24) is 9.80 Å².